The summed E-state index contributed by atoms with van der Waals surface area (Å²) in [7, 11) is 2.21. The lowest BCUT2D eigenvalue weighted by molar-refractivity contribution is 0.127. The van der Waals surface area contributed by atoms with E-state index < -0.39 is 0 Å². The molecule has 2 aliphatic heterocycles. The summed E-state index contributed by atoms with van der Waals surface area (Å²) in [5.74, 6) is 0.199. The SMILES string of the molecule is CC(C)c1nc2c(s1)NC=c1cccnc1=C2N1CCN(C)C(CCc2ccc(F)cc2)C1.Cl.Cl. The van der Waals surface area contributed by atoms with Gasteiger partial charge < -0.3 is 10.2 Å². The number of hydrogen-bond acceptors (Lipinski definition) is 6. The molecule has 1 unspecified atom stereocenters. The second-order valence-corrected chi connectivity index (χ2v) is 10.2. The van der Waals surface area contributed by atoms with E-state index in [0.29, 0.717) is 12.0 Å². The number of aryl methyl sites for hydroxylation is 1. The highest BCUT2D eigenvalue weighted by Gasteiger charge is 2.30. The van der Waals surface area contributed by atoms with Crippen molar-refractivity contribution in [1.29, 1.82) is 0 Å². The summed E-state index contributed by atoms with van der Waals surface area (Å²) >= 11 is 1.74. The number of nitrogens with one attached hydrogen (secondary N) is 1. The maximum Gasteiger partial charge on any atom is 0.124 e. The van der Waals surface area contributed by atoms with Gasteiger partial charge in [-0.05, 0) is 49.7 Å². The Morgan fingerprint density at radius 2 is 1.91 bits per heavy atom. The van der Waals surface area contributed by atoms with Crippen molar-refractivity contribution in [2.45, 2.75) is 38.6 Å². The summed E-state index contributed by atoms with van der Waals surface area (Å²) in [6.45, 7) is 7.21. The maximum atomic E-state index is 13.3. The van der Waals surface area contributed by atoms with Crippen LogP contribution in [0.25, 0.3) is 11.9 Å². The van der Waals surface area contributed by atoms with Gasteiger partial charge in [-0.15, -0.1) is 36.2 Å². The van der Waals surface area contributed by atoms with Crippen LogP contribution in [-0.4, -0.2) is 52.5 Å². The molecule has 1 atom stereocenters. The van der Waals surface area contributed by atoms with Gasteiger partial charge in [0, 0.05) is 49.2 Å². The van der Waals surface area contributed by atoms with Crippen LogP contribution in [0.3, 0.4) is 0 Å². The number of thiazole rings is 1. The van der Waals surface area contributed by atoms with Crippen LogP contribution in [0.5, 0.6) is 0 Å². The summed E-state index contributed by atoms with van der Waals surface area (Å²) in [6, 6.07) is 11.4. The predicted octanol–water partition coefficient (Wildman–Crippen LogP) is 4.21. The first kappa shape index (κ1) is 27.4. The van der Waals surface area contributed by atoms with Gasteiger partial charge in [0.1, 0.15) is 16.5 Å². The largest absolute Gasteiger partial charge is 0.365 e. The van der Waals surface area contributed by atoms with Gasteiger partial charge in [0.25, 0.3) is 0 Å². The van der Waals surface area contributed by atoms with Gasteiger partial charge in [-0.1, -0.05) is 26.0 Å². The molecule has 0 saturated carbocycles. The van der Waals surface area contributed by atoms with Crippen molar-refractivity contribution < 1.29 is 4.39 Å². The van der Waals surface area contributed by atoms with Gasteiger partial charge in [0.2, 0.25) is 0 Å². The smallest absolute Gasteiger partial charge is 0.124 e. The van der Waals surface area contributed by atoms with E-state index in [1.807, 2.05) is 24.4 Å². The second-order valence-electron chi connectivity index (χ2n) is 9.21. The average molecular weight is 537 g/mol. The second kappa shape index (κ2) is 11.7. The minimum atomic E-state index is -0.180. The summed E-state index contributed by atoms with van der Waals surface area (Å²) in [6.07, 6.45) is 5.88. The topological polar surface area (TPSA) is 44.3 Å². The minimum absolute atomic E-state index is 0. The van der Waals surface area contributed by atoms with Crippen molar-refractivity contribution >= 4 is 53.0 Å². The third kappa shape index (κ3) is 5.80. The molecule has 1 aromatic carbocycles. The first-order chi connectivity index (χ1) is 16.0. The normalized spacial score (nSPS) is 17.3. The van der Waals surface area contributed by atoms with Crippen molar-refractivity contribution in [2.24, 2.45) is 0 Å². The Morgan fingerprint density at radius 3 is 2.66 bits per heavy atom. The molecule has 4 heterocycles. The average Bonchev–Trinajstić information content (AvgIpc) is 3.17. The molecule has 0 aliphatic carbocycles. The zero-order chi connectivity index (χ0) is 22.9. The van der Waals surface area contributed by atoms with Crippen LogP contribution in [0.4, 0.5) is 9.39 Å². The van der Waals surface area contributed by atoms with Gasteiger partial charge in [-0.2, -0.15) is 0 Å². The summed E-state index contributed by atoms with van der Waals surface area (Å²) in [5.41, 5.74) is 3.32. The van der Waals surface area contributed by atoms with Crippen molar-refractivity contribution in [3.05, 3.63) is 75.2 Å². The monoisotopic (exact) mass is 535 g/mol. The highest BCUT2D eigenvalue weighted by molar-refractivity contribution is 7.16. The van der Waals surface area contributed by atoms with Gasteiger partial charge in [-0.25, -0.2) is 9.37 Å². The molecule has 188 valence electrons. The van der Waals surface area contributed by atoms with E-state index in [-0.39, 0.29) is 30.6 Å². The van der Waals surface area contributed by atoms with Crippen molar-refractivity contribution in [2.75, 3.05) is 32.0 Å². The van der Waals surface area contributed by atoms with Crippen LogP contribution in [0.1, 0.15) is 42.5 Å². The summed E-state index contributed by atoms with van der Waals surface area (Å²) < 4.78 is 13.3. The Balaban J connectivity index is 0.00000171. The van der Waals surface area contributed by atoms with E-state index in [1.165, 1.54) is 5.56 Å². The Hall–Kier alpha value is -2.19. The molecule has 3 aromatic rings. The molecule has 1 N–H and O–H groups in total. The minimum Gasteiger partial charge on any atom is -0.365 e. The lowest BCUT2D eigenvalue weighted by Gasteiger charge is -2.41. The molecule has 0 radical (unpaired) electrons. The fraction of sp³-hybridized carbons (Fsp3) is 0.385. The van der Waals surface area contributed by atoms with Gasteiger partial charge in [0.05, 0.1) is 16.1 Å². The van der Waals surface area contributed by atoms with E-state index in [0.717, 1.165) is 64.4 Å². The van der Waals surface area contributed by atoms with E-state index in [1.54, 1.807) is 23.5 Å². The number of likely N-dealkylation sites (N-methyl/N-ethyl adjacent to an activating group) is 1. The first-order valence-electron chi connectivity index (χ1n) is 11.6. The number of halogens is 3. The molecule has 5 rings (SSSR count). The molecule has 5 nitrogen and oxygen atoms in total. The lowest BCUT2D eigenvalue weighted by Crippen LogP contribution is -2.52. The Bertz CT molecular complexity index is 1260. The van der Waals surface area contributed by atoms with E-state index in [4.69, 9.17) is 9.97 Å². The van der Waals surface area contributed by atoms with E-state index in [9.17, 15) is 4.39 Å². The third-order valence-electron chi connectivity index (χ3n) is 6.56. The predicted molar refractivity (Wildman–Crippen MR) is 147 cm³/mol. The number of benzene rings is 1. The van der Waals surface area contributed by atoms with Gasteiger partial charge >= 0.3 is 0 Å². The van der Waals surface area contributed by atoms with E-state index in [2.05, 4.69) is 48.3 Å². The van der Waals surface area contributed by atoms with Crippen LogP contribution in [-0.2, 0) is 6.42 Å². The molecule has 1 fully saturated rings. The number of nitrogens with zero attached hydrogens (tertiary/aromatic N) is 4. The molecular formula is C26H32Cl2FN5S. The zero-order valence-electron chi connectivity index (χ0n) is 20.2. The van der Waals surface area contributed by atoms with Gasteiger partial charge in [0.15, 0.2) is 0 Å². The maximum absolute atomic E-state index is 13.3. The standard InChI is InChI=1S/C26H30FN5S.2ClH/c1-17(2)25-30-23-24(22-19(5-4-12-28-22)15-29-26(23)33-25)32-14-13-31(3)21(16-32)11-8-18-6-9-20(27)10-7-18;;/h4-7,9-10,12,15,17,21,29H,8,11,13-14,16H2,1-3H3;2*1H. The quantitative estimate of drug-likeness (QED) is 0.530. The van der Waals surface area contributed by atoms with E-state index >= 15 is 0 Å². The summed E-state index contributed by atoms with van der Waals surface area (Å²) in [4.78, 5) is 14.8. The number of pyridine rings is 1. The van der Waals surface area contributed by atoms with Crippen molar-refractivity contribution in [3.8, 4) is 0 Å². The fourth-order valence-electron chi connectivity index (χ4n) is 4.57. The molecule has 9 heteroatoms. The number of piperazine rings is 1. The number of rotatable bonds is 5. The van der Waals surface area contributed by atoms with Crippen LogP contribution in [0, 0.1) is 5.82 Å². The Labute approximate surface area is 222 Å². The molecule has 2 aliphatic rings. The molecule has 0 bridgehead atoms. The number of aromatic nitrogens is 2. The lowest BCUT2D eigenvalue weighted by atomic mass is 10.0. The van der Waals surface area contributed by atoms with Crippen molar-refractivity contribution in [1.82, 2.24) is 19.8 Å². The van der Waals surface area contributed by atoms with Crippen LogP contribution >= 0.6 is 36.2 Å². The molecule has 35 heavy (non-hydrogen) atoms. The third-order valence-corrected chi connectivity index (χ3v) is 7.84. The van der Waals surface area contributed by atoms with Crippen LogP contribution < -0.4 is 15.9 Å². The number of fused-ring (bicyclic) bond motifs is 2. The summed E-state index contributed by atoms with van der Waals surface area (Å²) in [5, 5.41) is 7.81. The van der Waals surface area contributed by atoms with Gasteiger partial charge in [-0.3, -0.25) is 9.88 Å². The first-order valence-corrected chi connectivity index (χ1v) is 12.4. The fourth-order valence-corrected chi connectivity index (χ4v) is 5.51. The molecule has 2 aromatic heterocycles. The number of anilines is 1. The molecule has 1 saturated heterocycles. The zero-order valence-corrected chi connectivity index (χ0v) is 22.7. The van der Waals surface area contributed by atoms with Crippen molar-refractivity contribution in [3.63, 3.8) is 0 Å². The molecule has 0 spiro atoms. The highest BCUT2D eigenvalue weighted by Crippen LogP contribution is 2.35. The number of hydrogen-bond donors (Lipinski definition) is 1. The molecule has 0 amide bonds. The highest BCUT2D eigenvalue weighted by atomic mass is 35.5. The molecular weight excluding hydrogens is 504 g/mol. The van der Waals surface area contributed by atoms with Crippen LogP contribution in [0.2, 0.25) is 0 Å². The Kier molecular flexibility index (Phi) is 9.16. The van der Waals surface area contributed by atoms with Crippen LogP contribution in [0.15, 0.2) is 42.6 Å². The Morgan fingerprint density at radius 1 is 1.14 bits per heavy atom.